The van der Waals surface area contributed by atoms with Gasteiger partial charge in [0.05, 0.1) is 18.1 Å². The number of aryl methyl sites for hydroxylation is 1. The molecule has 0 atom stereocenters. The van der Waals surface area contributed by atoms with Gasteiger partial charge in [0.15, 0.2) is 0 Å². The first-order valence-corrected chi connectivity index (χ1v) is 6.24. The number of ether oxygens (including phenoxy) is 1. The van der Waals surface area contributed by atoms with Gasteiger partial charge in [0.1, 0.15) is 11.5 Å². The highest BCUT2D eigenvalue weighted by Gasteiger charge is 2.06. The standard InChI is InChI=1S/C15H14N4O/c1-19-10-9-16-14(19)8-7-13-15(20-2)18-12-6-4-3-5-11(12)17-13/h3-10H,1-2H3/b8-7+. The van der Waals surface area contributed by atoms with Gasteiger partial charge in [-0.15, -0.1) is 0 Å². The number of imidazole rings is 1. The van der Waals surface area contributed by atoms with Gasteiger partial charge in [0.25, 0.3) is 0 Å². The normalized spacial score (nSPS) is 11.3. The van der Waals surface area contributed by atoms with Gasteiger partial charge in [0.2, 0.25) is 5.88 Å². The molecule has 2 heterocycles. The zero-order valence-electron chi connectivity index (χ0n) is 11.3. The highest BCUT2D eigenvalue weighted by molar-refractivity contribution is 5.78. The van der Waals surface area contributed by atoms with E-state index < -0.39 is 0 Å². The molecule has 100 valence electrons. The van der Waals surface area contributed by atoms with Crippen molar-refractivity contribution in [3.05, 3.63) is 48.2 Å². The van der Waals surface area contributed by atoms with Crippen LogP contribution >= 0.6 is 0 Å². The molecule has 5 nitrogen and oxygen atoms in total. The molecular formula is C15H14N4O. The summed E-state index contributed by atoms with van der Waals surface area (Å²) in [6, 6.07) is 7.71. The zero-order chi connectivity index (χ0) is 13.9. The molecule has 0 unspecified atom stereocenters. The van der Waals surface area contributed by atoms with Crippen LogP contribution in [0.4, 0.5) is 0 Å². The van der Waals surface area contributed by atoms with Crippen molar-refractivity contribution in [2.45, 2.75) is 0 Å². The van der Waals surface area contributed by atoms with Gasteiger partial charge < -0.3 is 9.30 Å². The number of benzene rings is 1. The van der Waals surface area contributed by atoms with Gasteiger partial charge in [-0.1, -0.05) is 12.1 Å². The summed E-state index contributed by atoms with van der Waals surface area (Å²) in [5.74, 6) is 1.36. The van der Waals surface area contributed by atoms with Crippen molar-refractivity contribution in [1.82, 2.24) is 19.5 Å². The van der Waals surface area contributed by atoms with Crippen LogP contribution in [0.15, 0.2) is 36.7 Å². The summed E-state index contributed by atoms with van der Waals surface area (Å²) in [5.41, 5.74) is 2.35. The molecule has 3 aromatic rings. The first kappa shape index (κ1) is 12.3. The molecule has 0 spiro atoms. The van der Waals surface area contributed by atoms with Crippen LogP contribution in [0.2, 0.25) is 0 Å². The van der Waals surface area contributed by atoms with Gasteiger partial charge in [-0.25, -0.2) is 15.0 Å². The molecule has 0 N–H and O–H groups in total. The molecule has 3 rings (SSSR count). The van der Waals surface area contributed by atoms with Crippen molar-refractivity contribution in [2.24, 2.45) is 7.05 Å². The Morgan fingerprint density at radius 2 is 1.85 bits per heavy atom. The van der Waals surface area contributed by atoms with E-state index in [9.17, 15) is 0 Å². The van der Waals surface area contributed by atoms with Crippen LogP contribution in [-0.2, 0) is 7.05 Å². The van der Waals surface area contributed by atoms with E-state index in [-0.39, 0.29) is 0 Å². The summed E-state index contributed by atoms with van der Waals surface area (Å²) in [6.45, 7) is 0. The monoisotopic (exact) mass is 266 g/mol. The number of methoxy groups -OCH3 is 1. The number of aromatic nitrogens is 4. The summed E-state index contributed by atoms with van der Waals surface area (Å²) in [4.78, 5) is 13.3. The highest BCUT2D eigenvalue weighted by atomic mass is 16.5. The Kier molecular flexibility index (Phi) is 3.16. The first-order valence-electron chi connectivity index (χ1n) is 6.24. The van der Waals surface area contributed by atoms with Crippen LogP contribution < -0.4 is 4.74 Å². The highest BCUT2D eigenvalue weighted by Crippen LogP contribution is 2.20. The lowest BCUT2D eigenvalue weighted by Crippen LogP contribution is -1.96. The van der Waals surface area contributed by atoms with Crippen molar-refractivity contribution >= 4 is 23.2 Å². The Morgan fingerprint density at radius 3 is 2.50 bits per heavy atom. The van der Waals surface area contributed by atoms with Crippen LogP contribution in [0.5, 0.6) is 5.88 Å². The van der Waals surface area contributed by atoms with Gasteiger partial charge >= 0.3 is 0 Å². The fourth-order valence-corrected chi connectivity index (χ4v) is 1.95. The minimum absolute atomic E-state index is 0.508. The molecule has 0 fully saturated rings. The lowest BCUT2D eigenvalue weighted by molar-refractivity contribution is 0.396. The van der Waals surface area contributed by atoms with Crippen molar-refractivity contribution in [3.8, 4) is 5.88 Å². The van der Waals surface area contributed by atoms with Crippen molar-refractivity contribution < 1.29 is 4.74 Å². The third-order valence-electron chi connectivity index (χ3n) is 3.01. The van der Waals surface area contributed by atoms with E-state index in [0.717, 1.165) is 16.9 Å². The van der Waals surface area contributed by atoms with E-state index in [1.54, 1.807) is 13.3 Å². The van der Waals surface area contributed by atoms with Crippen molar-refractivity contribution in [1.29, 1.82) is 0 Å². The molecule has 0 aliphatic carbocycles. The predicted molar refractivity (Wildman–Crippen MR) is 78.2 cm³/mol. The second-order valence-electron chi connectivity index (χ2n) is 4.34. The molecule has 0 amide bonds. The Bertz CT molecular complexity index is 776. The first-order chi connectivity index (χ1) is 9.78. The molecule has 1 aromatic carbocycles. The molecule has 20 heavy (non-hydrogen) atoms. The van der Waals surface area contributed by atoms with Gasteiger partial charge in [0, 0.05) is 19.4 Å². The minimum atomic E-state index is 0.508. The fraction of sp³-hybridized carbons (Fsp3) is 0.133. The summed E-state index contributed by atoms with van der Waals surface area (Å²) in [6.07, 6.45) is 7.40. The number of rotatable bonds is 3. The molecule has 0 saturated carbocycles. The summed E-state index contributed by atoms with van der Waals surface area (Å²) >= 11 is 0. The second kappa shape index (κ2) is 5.13. The quantitative estimate of drug-likeness (QED) is 0.731. The van der Waals surface area contributed by atoms with E-state index in [1.807, 2.05) is 54.2 Å². The van der Waals surface area contributed by atoms with Crippen LogP contribution in [-0.4, -0.2) is 26.6 Å². The average Bonchev–Trinajstić information content (AvgIpc) is 2.89. The molecule has 2 aromatic heterocycles. The number of hydrogen-bond acceptors (Lipinski definition) is 4. The van der Waals surface area contributed by atoms with Gasteiger partial charge in [-0.3, -0.25) is 0 Å². The minimum Gasteiger partial charge on any atom is -0.479 e. The number of hydrogen-bond donors (Lipinski definition) is 0. The lowest BCUT2D eigenvalue weighted by atomic mass is 10.3. The van der Waals surface area contributed by atoms with Crippen LogP contribution in [0.1, 0.15) is 11.5 Å². The average molecular weight is 266 g/mol. The molecule has 0 saturated heterocycles. The van der Waals surface area contributed by atoms with Crippen molar-refractivity contribution in [3.63, 3.8) is 0 Å². The zero-order valence-corrected chi connectivity index (χ0v) is 11.3. The largest absolute Gasteiger partial charge is 0.479 e. The van der Waals surface area contributed by atoms with Gasteiger partial charge in [-0.2, -0.15) is 0 Å². The van der Waals surface area contributed by atoms with E-state index in [0.29, 0.717) is 11.6 Å². The maximum Gasteiger partial charge on any atom is 0.240 e. The third-order valence-corrected chi connectivity index (χ3v) is 3.01. The molecule has 0 bridgehead atoms. The lowest BCUT2D eigenvalue weighted by Gasteiger charge is -2.05. The Labute approximate surface area is 116 Å². The fourth-order valence-electron chi connectivity index (χ4n) is 1.95. The number of fused-ring (bicyclic) bond motifs is 1. The molecule has 5 heteroatoms. The van der Waals surface area contributed by atoms with E-state index >= 15 is 0 Å². The van der Waals surface area contributed by atoms with Gasteiger partial charge in [-0.05, 0) is 24.3 Å². The molecule has 0 radical (unpaired) electrons. The Balaban J connectivity index is 2.06. The summed E-state index contributed by atoms with van der Waals surface area (Å²) in [5, 5.41) is 0. The molecule has 0 aliphatic heterocycles. The van der Waals surface area contributed by atoms with Crippen molar-refractivity contribution in [2.75, 3.05) is 7.11 Å². The maximum absolute atomic E-state index is 5.30. The van der Waals surface area contributed by atoms with Crippen LogP contribution in [0.3, 0.4) is 0 Å². The topological polar surface area (TPSA) is 52.8 Å². The van der Waals surface area contributed by atoms with E-state index in [2.05, 4.69) is 15.0 Å². The SMILES string of the molecule is COc1nc2ccccc2nc1/C=C/c1nccn1C. The Morgan fingerprint density at radius 1 is 1.10 bits per heavy atom. The number of para-hydroxylation sites is 2. The molecular weight excluding hydrogens is 252 g/mol. The second-order valence-corrected chi connectivity index (χ2v) is 4.34. The van der Waals surface area contributed by atoms with E-state index in [1.165, 1.54) is 0 Å². The number of nitrogens with zero attached hydrogens (tertiary/aromatic N) is 4. The van der Waals surface area contributed by atoms with E-state index in [4.69, 9.17) is 4.74 Å². The maximum atomic E-state index is 5.30. The summed E-state index contributed by atoms with van der Waals surface area (Å²) < 4.78 is 7.23. The third kappa shape index (κ3) is 2.25. The Hall–Kier alpha value is -2.69. The summed E-state index contributed by atoms with van der Waals surface area (Å²) in [7, 11) is 3.53. The van der Waals surface area contributed by atoms with Crippen LogP contribution in [0, 0.1) is 0 Å². The smallest absolute Gasteiger partial charge is 0.240 e. The predicted octanol–water partition coefficient (Wildman–Crippen LogP) is 2.54. The molecule has 0 aliphatic rings. The van der Waals surface area contributed by atoms with Crippen LogP contribution in [0.25, 0.3) is 23.2 Å².